The number of aromatic nitrogens is 1. The number of unbranched alkanes of at least 4 members (excludes halogenated alkanes) is 1. The number of halogens is 1. The molecule has 0 atom stereocenters. The van der Waals surface area contributed by atoms with Crippen molar-refractivity contribution in [2.24, 2.45) is 0 Å². The van der Waals surface area contributed by atoms with Gasteiger partial charge in [-0.05, 0) is 37.5 Å². The first-order valence-corrected chi connectivity index (χ1v) is 10.2. The molecule has 5 heteroatoms. The summed E-state index contributed by atoms with van der Waals surface area (Å²) < 4.78 is 2.08. The second kappa shape index (κ2) is 9.57. The van der Waals surface area contributed by atoms with Gasteiger partial charge in [0.1, 0.15) is 5.56 Å². The number of nitrogens with zero attached hydrogens (tertiary/aromatic N) is 1. The molecule has 3 aromatic rings. The third-order valence-corrected chi connectivity index (χ3v) is 5.26. The Morgan fingerprint density at radius 2 is 1.76 bits per heavy atom. The minimum Gasteiger partial charge on any atom is -0.343 e. The lowest BCUT2D eigenvalue weighted by Gasteiger charge is -2.20. The summed E-state index contributed by atoms with van der Waals surface area (Å²) in [7, 11) is 0. The van der Waals surface area contributed by atoms with Gasteiger partial charge in [-0.2, -0.15) is 0 Å². The largest absolute Gasteiger partial charge is 0.343 e. The van der Waals surface area contributed by atoms with Gasteiger partial charge in [-0.3, -0.25) is 9.59 Å². The smallest absolute Gasteiger partial charge is 0.261 e. The summed E-state index contributed by atoms with van der Waals surface area (Å²) in [5.41, 5.74) is 3.16. The molecule has 0 saturated carbocycles. The molecule has 29 heavy (non-hydrogen) atoms. The van der Waals surface area contributed by atoms with Crippen molar-refractivity contribution in [1.29, 1.82) is 0 Å². The molecular weight excluding hydrogens is 384 g/mol. The molecule has 0 fully saturated rings. The third-order valence-electron chi connectivity index (χ3n) is 4.93. The van der Waals surface area contributed by atoms with E-state index < -0.39 is 5.91 Å². The van der Waals surface area contributed by atoms with Crippen molar-refractivity contribution in [1.82, 2.24) is 4.57 Å². The molecule has 4 nitrogen and oxygen atoms in total. The van der Waals surface area contributed by atoms with Crippen LogP contribution in [-0.4, -0.2) is 10.5 Å². The van der Waals surface area contributed by atoms with E-state index in [9.17, 15) is 9.59 Å². The second-order valence-electron chi connectivity index (χ2n) is 7.08. The zero-order chi connectivity index (χ0) is 20.8. The Bertz CT molecular complexity index is 1060. The SMILES string of the molecule is CCCCc1c(C(=O)Nc2ccccc2Cl)c(=O)cc(C)n1Cc1ccccc1. The molecule has 0 aliphatic heterocycles. The molecule has 0 spiro atoms. The Morgan fingerprint density at radius 3 is 2.45 bits per heavy atom. The van der Waals surface area contributed by atoms with Crippen LogP contribution in [-0.2, 0) is 13.0 Å². The zero-order valence-corrected chi connectivity index (χ0v) is 17.5. The number of hydrogen-bond acceptors (Lipinski definition) is 2. The fraction of sp³-hybridized carbons (Fsp3) is 0.250. The van der Waals surface area contributed by atoms with Crippen molar-refractivity contribution in [2.75, 3.05) is 5.32 Å². The maximum Gasteiger partial charge on any atom is 0.261 e. The maximum atomic E-state index is 13.1. The summed E-state index contributed by atoms with van der Waals surface area (Å²) in [6, 6.07) is 18.6. The van der Waals surface area contributed by atoms with E-state index in [4.69, 9.17) is 11.6 Å². The van der Waals surface area contributed by atoms with E-state index in [1.807, 2.05) is 37.3 Å². The number of carbonyl (C=O) groups is 1. The van der Waals surface area contributed by atoms with Crippen molar-refractivity contribution in [3.63, 3.8) is 0 Å². The van der Waals surface area contributed by atoms with Gasteiger partial charge in [-0.15, -0.1) is 0 Å². The van der Waals surface area contributed by atoms with Gasteiger partial charge < -0.3 is 9.88 Å². The summed E-state index contributed by atoms with van der Waals surface area (Å²) >= 11 is 6.18. The molecule has 0 aliphatic carbocycles. The lowest BCUT2D eigenvalue weighted by atomic mass is 10.0. The molecule has 0 aliphatic rings. The van der Waals surface area contributed by atoms with E-state index >= 15 is 0 Å². The lowest BCUT2D eigenvalue weighted by Crippen LogP contribution is -2.28. The molecule has 3 rings (SSSR count). The third kappa shape index (κ3) is 4.96. The van der Waals surface area contributed by atoms with Crippen LogP contribution in [0.4, 0.5) is 5.69 Å². The molecule has 1 N–H and O–H groups in total. The monoisotopic (exact) mass is 408 g/mol. The van der Waals surface area contributed by atoms with Crippen LogP contribution >= 0.6 is 11.6 Å². The Hall–Kier alpha value is -2.85. The number of nitrogens with one attached hydrogen (secondary N) is 1. The molecule has 150 valence electrons. The van der Waals surface area contributed by atoms with Gasteiger partial charge in [0, 0.05) is 24.0 Å². The van der Waals surface area contributed by atoms with Gasteiger partial charge in [0.15, 0.2) is 5.43 Å². The number of benzene rings is 2. The summed E-state index contributed by atoms with van der Waals surface area (Å²) in [4.78, 5) is 25.9. The number of rotatable bonds is 7. The average Bonchev–Trinajstić information content (AvgIpc) is 2.71. The van der Waals surface area contributed by atoms with Gasteiger partial charge in [0.25, 0.3) is 5.91 Å². The molecule has 0 radical (unpaired) electrons. The van der Waals surface area contributed by atoms with E-state index in [1.165, 1.54) is 0 Å². The van der Waals surface area contributed by atoms with Crippen LogP contribution in [0, 0.1) is 6.92 Å². The molecule has 0 unspecified atom stereocenters. The van der Waals surface area contributed by atoms with E-state index in [0.717, 1.165) is 29.8 Å². The van der Waals surface area contributed by atoms with E-state index in [-0.39, 0.29) is 11.0 Å². The number of carbonyl (C=O) groups excluding carboxylic acids is 1. The van der Waals surface area contributed by atoms with Gasteiger partial charge in [0.05, 0.1) is 10.7 Å². The van der Waals surface area contributed by atoms with E-state index in [2.05, 4.69) is 16.8 Å². The summed E-state index contributed by atoms with van der Waals surface area (Å²) in [6.07, 6.45) is 2.52. The normalized spacial score (nSPS) is 10.7. The van der Waals surface area contributed by atoms with Crippen molar-refractivity contribution < 1.29 is 4.79 Å². The Labute approximate surface area is 176 Å². The maximum absolute atomic E-state index is 13.1. The van der Waals surface area contributed by atoms with E-state index in [0.29, 0.717) is 23.7 Å². The summed E-state index contributed by atoms with van der Waals surface area (Å²) in [6.45, 7) is 4.62. The summed E-state index contributed by atoms with van der Waals surface area (Å²) in [5.74, 6) is -0.420. The second-order valence-corrected chi connectivity index (χ2v) is 7.49. The average molecular weight is 409 g/mol. The van der Waals surface area contributed by atoms with Crippen molar-refractivity contribution in [3.05, 3.63) is 98.4 Å². The van der Waals surface area contributed by atoms with Crippen LogP contribution in [0.25, 0.3) is 0 Å². The number of amides is 1. The number of hydrogen-bond donors (Lipinski definition) is 1. The van der Waals surface area contributed by atoms with Crippen LogP contribution in [0.1, 0.15) is 47.1 Å². The van der Waals surface area contributed by atoms with Crippen LogP contribution in [0.15, 0.2) is 65.5 Å². The highest BCUT2D eigenvalue weighted by Gasteiger charge is 2.21. The molecule has 1 heterocycles. The summed E-state index contributed by atoms with van der Waals surface area (Å²) in [5, 5.41) is 3.25. The minimum atomic E-state index is -0.420. The number of para-hydroxylation sites is 1. The van der Waals surface area contributed by atoms with Crippen LogP contribution in [0.3, 0.4) is 0 Å². The predicted octanol–water partition coefficient (Wildman–Crippen LogP) is 5.45. The number of pyridine rings is 1. The number of aryl methyl sites for hydroxylation is 1. The van der Waals surface area contributed by atoms with Crippen molar-refractivity contribution in [3.8, 4) is 0 Å². The highest BCUT2D eigenvalue weighted by Crippen LogP contribution is 2.22. The Balaban J connectivity index is 2.07. The van der Waals surface area contributed by atoms with Crippen molar-refractivity contribution >= 4 is 23.2 Å². The zero-order valence-electron chi connectivity index (χ0n) is 16.7. The quantitative estimate of drug-likeness (QED) is 0.564. The standard InChI is InChI=1S/C24H25ClN2O2/c1-3-4-14-21-23(24(29)26-20-13-9-8-12-19(20)25)22(28)15-17(2)27(21)16-18-10-6-5-7-11-18/h5-13,15H,3-4,14,16H2,1-2H3,(H,26,29). The van der Waals surface area contributed by atoms with Crippen LogP contribution in [0.5, 0.6) is 0 Å². The van der Waals surface area contributed by atoms with Gasteiger partial charge in [0.2, 0.25) is 0 Å². The van der Waals surface area contributed by atoms with Gasteiger partial charge in [-0.1, -0.05) is 67.4 Å². The molecule has 1 amide bonds. The Kier molecular flexibility index (Phi) is 6.89. The first-order chi connectivity index (χ1) is 14.0. The molecular formula is C24H25ClN2O2. The molecule has 0 bridgehead atoms. The van der Waals surface area contributed by atoms with Crippen LogP contribution < -0.4 is 10.7 Å². The lowest BCUT2D eigenvalue weighted by molar-refractivity contribution is 0.102. The van der Waals surface area contributed by atoms with Gasteiger partial charge in [-0.25, -0.2) is 0 Å². The molecule has 0 saturated heterocycles. The van der Waals surface area contributed by atoms with Gasteiger partial charge >= 0.3 is 0 Å². The first kappa shape index (κ1) is 20.9. The topological polar surface area (TPSA) is 51.1 Å². The first-order valence-electron chi connectivity index (χ1n) is 9.84. The number of anilines is 1. The predicted molar refractivity (Wildman–Crippen MR) is 119 cm³/mol. The Morgan fingerprint density at radius 1 is 1.07 bits per heavy atom. The van der Waals surface area contributed by atoms with Crippen LogP contribution in [0.2, 0.25) is 5.02 Å². The molecule has 2 aromatic carbocycles. The highest BCUT2D eigenvalue weighted by molar-refractivity contribution is 6.33. The fourth-order valence-corrected chi connectivity index (χ4v) is 3.59. The highest BCUT2D eigenvalue weighted by atomic mass is 35.5. The molecule has 1 aromatic heterocycles. The minimum absolute atomic E-state index is 0.194. The fourth-order valence-electron chi connectivity index (χ4n) is 3.41. The van der Waals surface area contributed by atoms with E-state index in [1.54, 1.807) is 30.3 Å². The van der Waals surface area contributed by atoms with Crippen molar-refractivity contribution in [2.45, 2.75) is 39.7 Å².